The molecule has 0 radical (unpaired) electrons. The van der Waals surface area contributed by atoms with Gasteiger partial charge in [-0.3, -0.25) is 14.1 Å². The number of carbonyl (C=O) groups is 2. The highest BCUT2D eigenvalue weighted by Crippen LogP contribution is 1.84. The molecule has 0 aliphatic heterocycles. The fourth-order valence-corrected chi connectivity index (χ4v) is 1.02. The molecule has 0 saturated carbocycles. The van der Waals surface area contributed by atoms with Gasteiger partial charge in [-0.05, 0) is 6.92 Å². The summed E-state index contributed by atoms with van der Waals surface area (Å²) in [6.45, 7) is 4.61. The van der Waals surface area contributed by atoms with Crippen LogP contribution in [0.5, 0.6) is 0 Å². The zero-order chi connectivity index (χ0) is 12.1. The van der Waals surface area contributed by atoms with Crippen LogP contribution in [-0.2, 0) is 19.7 Å². The van der Waals surface area contributed by atoms with Crippen molar-refractivity contribution in [3.63, 3.8) is 0 Å². The molecule has 0 bridgehead atoms. The van der Waals surface area contributed by atoms with Gasteiger partial charge in [0.05, 0.1) is 6.67 Å². The molecule has 0 aromatic rings. The monoisotopic (exact) mass is 236 g/mol. The third kappa shape index (κ3) is 7.65. The second-order valence-corrected chi connectivity index (χ2v) is 4.24. The standard InChI is InChI=1S/C7H12N2O5S/c1-5(2)7(11)9-4-8-6(10)3-15(12,13)14/h1,3-4H2,2H3,(H,8,10)(H,9,11)(H,12,13,14). The van der Waals surface area contributed by atoms with E-state index in [-0.39, 0.29) is 12.2 Å². The minimum absolute atomic E-state index is 0.222. The van der Waals surface area contributed by atoms with Crippen LogP contribution >= 0.6 is 0 Å². The van der Waals surface area contributed by atoms with Crippen LogP contribution in [0.4, 0.5) is 0 Å². The number of nitrogens with one attached hydrogen (secondary N) is 2. The Kier molecular flexibility index (Phi) is 4.95. The molecule has 0 atom stereocenters. The summed E-state index contributed by atoms with van der Waals surface area (Å²) in [6.07, 6.45) is 0. The maximum Gasteiger partial charge on any atom is 0.274 e. The van der Waals surface area contributed by atoms with Gasteiger partial charge in [0.1, 0.15) is 0 Å². The topological polar surface area (TPSA) is 113 Å². The lowest BCUT2D eigenvalue weighted by atomic mass is 10.3. The first kappa shape index (κ1) is 13.6. The summed E-state index contributed by atoms with van der Waals surface area (Å²) in [5, 5.41) is 4.33. The van der Waals surface area contributed by atoms with E-state index >= 15 is 0 Å². The summed E-state index contributed by atoms with van der Waals surface area (Å²) in [5.41, 5.74) is 0.263. The van der Waals surface area contributed by atoms with E-state index in [1.54, 1.807) is 0 Å². The summed E-state index contributed by atoms with van der Waals surface area (Å²) in [7, 11) is -4.33. The second-order valence-electron chi connectivity index (χ2n) is 2.79. The molecule has 0 saturated heterocycles. The fraction of sp³-hybridized carbons (Fsp3) is 0.429. The van der Waals surface area contributed by atoms with Crippen molar-refractivity contribution in [3.8, 4) is 0 Å². The maximum absolute atomic E-state index is 10.9. The van der Waals surface area contributed by atoms with Crippen molar-refractivity contribution in [1.29, 1.82) is 0 Å². The van der Waals surface area contributed by atoms with Gasteiger partial charge in [-0.15, -0.1) is 0 Å². The van der Waals surface area contributed by atoms with Gasteiger partial charge in [0.2, 0.25) is 11.8 Å². The number of carbonyl (C=O) groups excluding carboxylic acids is 2. The summed E-state index contributed by atoms with van der Waals surface area (Å²) >= 11 is 0. The van der Waals surface area contributed by atoms with Crippen molar-refractivity contribution >= 4 is 21.9 Å². The summed E-state index contributed by atoms with van der Waals surface area (Å²) in [6, 6.07) is 0. The van der Waals surface area contributed by atoms with Gasteiger partial charge in [0.25, 0.3) is 10.1 Å². The average molecular weight is 236 g/mol. The molecule has 0 aromatic heterocycles. The molecule has 15 heavy (non-hydrogen) atoms. The van der Waals surface area contributed by atoms with Gasteiger partial charge in [0.15, 0.2) is 5.75 Å². The zero-order valence-electron chi connectivity index (χ0n) is 8.11. The molecule has 0 rings (SSSR count). The first-order chi connectivity index (χ1) is 6.72. The Morgan fingerprint density at radius 2 is 1.87 bits per heavy atom. The molecule has 0 aromatic carbocycles. The van der Waals surface area contributed by atoms with Crippen molar-refractivity contribution in [2.24, 2.45) is 0 Å². The molecule has 0 aliphatic carbocycles. The zero-order valence-corrected chi connectivity index (χ0v) is 8.93. The van der Waals surface area contributed by atoms with E-state index in [1.165, 1.54) is 6.92 Å². The minimum atomic E-state index is -4.33. The van der Waals surface area contributed by atoms with E-state index in [9.17, 15) is 18.0 Å². The highest BCUT2D eigenvalue weighted by Gasteiger charge is 2.12. The minimum Gasteiger partial charge on any atom is -0.338 e. The second kappa shape index (κ2) is 5.47. The van der Waals surface area contributed by atoms with Crippen molar-refractivity contribution in [1.82, 2.24) is 10.6 Å². The molecule has 7 nitrogen and oxygen atoms in total. The molecule has 86 valence electrons. The van der Waals surface area contributed by atoms with E-state index in [4.69, 9.17) is 4.55 Å². The summed E-state index contributed by atoms with van der Waals surface area (Å²) in [4.78, 5) is 21.7. The van der Waals surface area contributed by atoms with Crippen LogP contribution in [0.25, 0.3) is 0 Å². The third-order valence-electron chi connectivity index (χ3n) is 1.24. The lowest BCUT2D eigenvalue weighted by Gasteiger charge is -2.05. The molecule has 8 heteroatoms. The van der Waals surface area contributed by atoms with Crippen molar-refractivity contribution in [2.45, 2.75) is 6.92 Å². The highest BCUT2D eigenvalue weighted by molar-refractivity contribution is 7.86. The van der Waals surface area contributed by atoms with Gasteiger partial charge in [-0.1, -0.05) is 6.58 Å². The Bertz CT molecular complexity index is 373. The van der Waals surface area contributed by atoms with E-state index in [0.717, 1.165) is 0 Å². The Morgan fingerprint density at radius 1 is 1.33 bits per heavy atom. The van der Waals surface area contributed by atoms with Crippen LogP contribution in [0.3, 0.4) is 0 Å². The molecule has 0 heterocycles. The molecular formula is C7H12N2O5S. The number of hydrogen-bond acceptors (Lipinski definition) is 4. The van der Waals surface area contributed by atoms with Crippen molar-refractivity contribution in [3.05, 3.63) is 12.2 Å². The highest BCUT2D eigenvalue weighted by atomic mass is 32.2. The van der Waals surface area contributed by atoms with E-state index in [0.29, 0.717) is 0 Å². The predicted molar refractivity (Wildman–Crippen MR) is 52.4 cm³/mol. The molecule has 2 amide bonds. The predicted octanol–water partition coefficient (Wildman–Crippen LogP) is -1.36. The average Bonchev–Trinajstić information content (AvgIpc) is 2.00. The molecule has 3 N–H and O–H groups in total. The van der Waals surface area contributed by atoms with Gasteiger partial charge >= 0.3 is 0 Å². The Labute approximate surface area is 87.3 Å². The van der Waals surface area contributed by atoms with Crippen LogP contribution in [-0.4, -0.2) is 37.2 Å². The summed E-state index contributed by atoms with van der Waals surface area (Å²) in [5.74, 6) is -2.39. The number of hydrogen-bond donors (Lipinski definition) is 3. The molecule has 0 aliphatic rings. The largest absolute Gasteiger partial charge is 0.338 e. The van der Waals surface area contributed by atoms with Crippen molar-refractivity contribution in [2.75, 3.05) is 12.4 Å². The van der Waals surface area contributed by atoms with Crippen molar-refractivity contribution < 1.29 is 22.6 Å². The van der Waals surface area contributed by atoms with Crippen LogP contribution in [0.1, 0.15) is 6.92 Å². The molecule has 0 unspecified atom stereocenters. The van der Waals surface area contributed by atoms with Crippen LogP contribution in [0.2, 0.25) is 0 Å². The normalized spacial score (nSPS) is 10.5. The maximum atomic E-state index is 10.9. The van der Waals surface area contributed by atoms with Gasteiger partial charge < -0.3 is 10.6 Å². The first-order valence-electron chi connectivity index (χ1n) is 3.88. The van der Waals surface area contributed by atoms with Gasteiger partial charge in [-0.2, -0.15) is 8.42 Å². The number of rotatable bonds is 5. The smallest absolute Gasteiger partial charge is 0.274 e. The SMILES string of the molecule is C=C(C)C(=O)NCNC(=O)CS(=O)(=O)O. The summed E-state index contributed by atoms with van der Waals surface area (Å²) < 4.78 is 28.8. The van der Waals surface area contributed by atoms with E-state index in [2.05, 4.69) is 17.2 Å². The Morgan fingerprint density at radius 3 is 2.27 bits per heavy atom. The lowest BCUT2D eigenvalue weighted by molar-refractivity contribution is -0.119. The van der Waals surface area contributed by atoms with Crippen LogP contribution < -0.4 is 10.6 Å². The molecular weight excluding hydrogens is 224 g/mol. The third-order valence-corrected chi connectivity index (χ3v) is 1.86. The Hall–Kier alpha value is -1.41. The number of amides is 2. The Balaban J connectivity index is 3.84. The van der Waals surface area contributed by atoms with Gasteiger partial charge in [0, 0.05) is 5.57 Å². The van der Waals surface area contributed by atoms with Crippen LogP contribution in [0, 0.1) is 0 Å². The van der Waals surface area contributed by atoms with E-state index < -0.39 is 27.7 Å². The lowest BCUT2D eigenvalue weighted by Crippen LogP contribution is -2.39. The first-order valence-corrected chi connectivity index (χ1v) is 5.49. The molecule has 0 fully saturated rings. The fourth-order valence-electron chi connectivity index (χ4n) is 0.591. The van der Waals surface area contributed by atoms with Gasteiger partial charge in [-0.25, -0.2) is 0 Å². The quantitative estimate of drug-likeness (QED) is 0.310. The molecule has 0 spiro atoms. The van der Waals surface area contributed by atoms with E-state index in [1.807, 2.05) is 0 Å². The van der Waals surface area contributed by atoms with Crippen LogP contribution in [0.15, 0.2) is 12.2 Å².